The molecule has 0 saturated heterocycles. The molecular weight excluding hydrogens is 948 g/mol. The number of halogens is 2. The third-order valence-electron chi connectivity index (χ3n) is 12.8. The van der Waals surface area contributed by atoms with Gasteiger partial charge in [-0.05, 0) is 82.7 Å². The Morgan fingerprint density at radius 2 is 1.14 bits per heavy atom. The van der Waals surface area contributed by atoms with Crippen LogP contribution in [0.2, 0.25) is 10.0 Å². The molecule has 0 bridgehead atoms. The third-order valence-corrected chi connectivity index (χ3v) is 13.4. The fourth-order valence-electron chi connectivity index (χ4n) is 9.23. The minimum Gasteiger partial charge on any atom is -0.400 e. The number of anilines is 2. The Morgan fingerprint density at radius 1 is 0.648 bits per heavy atom. The zero-order chi connectivity index (χ0) is 49.9. The van der Waals surface area contributed by atoms with Crippen molar-refractivity contribution in [1.82, 2.24) is 50.1 Å². The highest BCUT2D eigenvalue weighted by Crippen LogP contribution is 2.35. The number of benzene rings is 2. The molecule has 2 fully saturated rings. The normalized spacial score (nSPS) is 17.7. The van der Waals surface area contributed by atoms with Gasteiger partial charge in [0, 0.05) is 102 Å². The fourth-order valence-corrected chi connectivity index (χ4v) is 9.62. The van der Waals surface area contributed by atoms with Gasteiger partial charge < -0.3 is 31.0 Å². The molecule has 0 unspecified atom stereocenters. The van der Waals surface area contributed by atoms with E-state index in [1.165, 1.54) is 24.5 Å². The Balaban J connectivity index is 0.000000184. The number of nitrogens with one attached hydrogen (secondary N) is 5. The van der Waals surface area contributed by atoms with Crippen molar-refractivity contribution in [2.45, 2.75) is 88.6 Å². The molecule has 2 saturated carbocycles. The number of rotatable bonds is 14. The van der Waals surface area contributed by atoms with E-state index in [-0.39, 0.29) is 23.5 Å². The van der Waals surface area contributed by atoms with E-state index in [9.17, 15) is 20.2 Å². The first kappa shape index (κ1) is 50.2. The first-order valence-electron chi connectivity index (χ1n) is 23.3. The van der Waals surface area contributed by atoms with Gasteiger partial charge in [0.15, 0.2) is 0 Å². The van der Waals surface area contributed by atoms with Crippen LogP contribution < -0.4 is 16.0 Å². The van der Waals surface area contributed by atoms with E-state index >= 15 is 0 Å². The number of hydrogen-bond acceptors (Lipinski definition) is 15. The highest BCUT2D eigenvalue weighted by atomic mass is 35.5. The van der Waals surface area contributed by atoms with Gasteiger partial charge in [-0.2, -0.15) is 0 Å². The number of hydrogen-bond donors (Lipinski definition) is 6. The molecule has 8 aromatic rings. The minimum atomic E-state index is -0.440. The third kappa shape index (κ3) is 12.6. The highest BCUT2D eigenvalue weighted by molar-refractivity contribution is 6.33. The van der Waals surface area contributed by atoms with Crippen LogP contribution >= 0.6 is 23.2 Å². The number of aromatic amines is 2. The molecular formula is C50H54Cl2N14O5. The lowest BCUT2D eigenvalue weighted by Gasteiger charge is -2.35. The zero-order valence-electron chi connectivity index (χ0n) is 39.1. The van der Waals surface area contributed by atoms with E-state index in [1.807, 2.05) is 60.9 Å². The first-order valence-corrected chi connectivity index (χ1v) is 24.1. The summed E-state index contributed by atoms with van der Waals surface area (Å²) in [5.41, 5.74) is 6.98. The van der Waals surface area contributed by atoms with E-state index in [1.54, 1.807) is 24.5 Å². The summed E-state index contributed by atoms with van der Waals surface area (Å²) < 4.78 is 0. The van der Waals surface area contributed by atoms with Crippen LogP contribution in [0.15, 0.2) is 110 Å². The van der Waals surface area contributed by atoms with Gasteiger partial charge >= 0.3 is 0 Å². The van der Waals surface area contributed by atoms with Crippen molar-refractivity contribution in [3.63, 3.8) is 0 Å². The van der Waals surface area contributed by atoms with Gasteiger partial charge in [0.25, 0.3) is 11.4 Å². The fraction of sp³-hybridized carbons (Fsp3) is 0.320. The lowest BCUT2D eigenvalue weighted by atomic mass is 9.90. The SMILES string of the molecule is CN(Cc1ccc([N+](=O)[O-])cn1)[C@H]1CCC[C@@H](Nc2ncc(Cl)c(-c3c[nH]c4ccccc34)n2)C1.CO.O=[N+]([O-])c1ccc(CN[C@H]2CCC[C@@H](Nc3ncc(Cl)c(-c4c[nH]c5ccccc45)n3)C2)nc1. The van der Waals surface area contributed by atoms with Crippen LogP contribution in [0.3, 0.4) is 0 Å². The predicted molar refractivity (Wildman–Crippen MR) is 276 cm³/mol. The Morgan fingerprint density at radius 3 is 1.66 bits per heavy atom. The number of para-hydroxylation sites is 2. The van der Waals surface area contributed by atoms with Crippen LogP contribution in [0.1, 0.15) is 62.8 Å². The molecule has 10 rings (SSSR count). The molecule has 0 radical (unpaired) electrons. The average Bonchev–Trinajstić information content (AvgIpc) is 4.03. The Hall–Kier alpha value is -7.16. The van der Waals surface area contributed by atoms with Gasteiger partial charge in [0.05, 0.1) is 55.1 Å². The molecule has 0 spiro atoms. The van der Waals surface area contributed by atoms with Crippen molar-refractivity contribution in [2.24, 2.45) is 0 Å². The molecule has 6 heterocycles. The van der Waals surface area contributed by atoms with Gasteiger partial charge in [0.1, 0.15) is 12.4 Å². The summed E-state index contributed by atoms with van der Waals surface area (Å²) in [4.78, 5) is 56.4. The maximum atomic E-state index is 10.9. The van der Waals surface area contributed by atoms with Gasteiger partial charge in [-0.25, -0.2) is 19.9 Å². The van der Waals surface area contributed by atoms with E-state index in [0.29, 0.717) is 58.5 Å². The van der Waals surface area contributed by atoms with Crippen LogP contribution in [0, 0.1) is 20.2 Å². The van der Waals surface area contributed by atoms with Crippen molar-refractivity contribution in [2.75, 3.05) is 24.8 Å². The highest BCUT2D eigenvalue weighted by Gasteiger charge is 2.27. The van der Waals surface area contributed by atoms with Crippen molar-refractivity contribution in [1.29, 1.82) is 0 Å². The van der Waals surface area contributed by atoms with Crippen LogP contribution in [-0.2, 0) is 13.1 Å². The number of nitro groups is 2. The maximum absolute atomic E-state index is 10.9. The molecule has 71 heavy (non-hydrogen) atoms. The summed E-state index contributed by atoms with van der Waals surface area (Å²) >= 11 is 12.9. The van der Waals surface area contributed by atoms with Crippen molar-refractivity contribution in [3.05, 3.63) is 152 Å². The molecule has 6 N–H and O–H groups in total. The molecule has 19 nitrogen and oxygen atoms in total. The molecule has 0 aliphatic heterocycles. The summed E-state index contributed by atoms with van der Waals surface area (Å²) in [5.74, 6) is 1.13. The average molecular weight is 1000 g/mol. The molecule has 0 amide bonds. The van der Waals surface area contributed by atoms with E-state index in [2.05, 4.69) is 57.8 Å². The second kappa shape index (κ2) is 23.6. The number of aromatic nitrogens is 8. The van der Waals surface area contributed by atoms with E-state index in [4.69, 9.17) is 38.3 Å². The molecule has 6 aromatic heterocycles. The molecule has 21 heteroatoms. The summed E-state index contributed by atoms with van der Waals surface area (Å²) in [6.45, 7) is 1.20. The molecule has 2 aliphatic rings. The number of aliphatic hydroxyl groups is 1. The largest absolute Gasteiger partial charge is 0.400 e. The van der Waals surface area contributed by atoms with Gasteiger partial charge in [0.2, 0.25) is 11.9 Å². The van der Waals surface area contributed by atoms with Gasteiger partial charge in [-0.1, -0.05) is 59.6 Å². The van der Waals surface area contributed by atoms with E-state index in [0.717, 1.165) is 103 Å². The second-order valence-corrected chi connectivity index (χ2v) is 18.3. The monoisotopic (exact) mass is 1000 g/mol. The van der Waals surface area contributed by atoms with Crippen molar-refractivity contribution >= 4 is 68.3 Å². The Labute approximate surface area is 419 Å². The Bertz CT molecular complexity index is 3060. The maximum Gasteiger partial charge on any atom is 0.287 e. The standard InChI is InChI=1S/C25H26ClN7O2.C24H24ClN7O2.CH4O/c1-32(15-17-9-10-19(12-27-17)33(34)35)18-6-4-5-16(11-18)30-25-29-14-22(26)24(31-25)21-13-28-23-8-3-2-7-20(21)23;25-21-14-29-24(31-23(21)20-13-28-22-7-2-1-6-19(20)22)30-16-5-3-4-15(10-16)26-11-17-8-9-18(12-27-17)32(33)34;1-2/h2-3,7-10,12-14,16,18,28H,4-6,11,15H2,1H3,(H,29,30,31);1-2,6-9,12-16,26,28H,3-5,10-11H2,(H,29,30,31);2H,1H3/t16-,18+;15-,16+;/m10./s1. The number of fused-ring (bicyclic) bond motifs is 2. The second-order valence-electron chi connectivity index (χ2n) is 17.5. The number of pyridine rings is 2. The smallest absolute Gasteiger partial charge is 0.287 e. The quantitative estimate of drug-likeness (QED) is 0.0438. The van der Waals surface area contributed by atoms with Gasteiger partial charge in [-0.3, -0.25) is 35.1 Å². The summed E-state index contributed by atoms with van der Waals surface area (Å²) in [6.07, 6.45) is 18.0. The number of H-pyrrole nitrogens is 2. The van der Waals surface area contributed by atoms with Crippen LogP contribution in [0.5, 0.6) is 0 Å². The van der Waals surface area contributed by atoms with Crippen molar-refractivity contribution < 1.29 is 15.0 Å². The summed E-state index contributed by atoms with van der Waals surface area (Å²) in [7, 11) is 3.07. The minimum absolute atomic E-state index is 0.000603. The molecule has 2 aliphatic carbocycles. The summed E-state index contributed by atoms with van der Waals surface area (Å²) in [5, 5.41) is 42.3. The van der Waals surface area contributed by atoms with Crippen LogP contribution in [-0.4, -0.2) is 98.0 Å². The predicted octanol–water partition coefficient (Wildman–Crippen LogP) is 10.1. The molecule has 4 atom stereocenters. The lowest BCUT2D eigenvalue weighted by Crippen LogP contribution is -2.40. The molecule has 2 aromatic carbocycles. The molecule has 368 valence electrons. The van der Waals surface area contributed by atoms with Crippen molar-refractivity contribution in [3.8, 4) is 22.5 Å². The Kier molecular flexibility index (Phi) is 16.7. The van der Waals surface area contributed by atoms with Gasteiger partial charge in [-0.15, -0.1) is 0 Å². The topological polar surface area (TPSA) is 255 Å². The lowest BCUT2D eigenvalue weighted by molar-refractivity contribution is -0.385. The zero-order valence-corrected chi connectivity index (χ0v) is 40.6. The van der Waals surface area contributed by atoms with E-state index < -0.39 is 9.85 Å². The summed E-state index contributed by atoms with van der Waals surface area (Å²) in [6, 6.07) is 23.7. The number of nitrogens with zero attached hydrogens (tertiary/aromatic N) is 9. The van der Waals surface area contributed by atoms with Crippen LogP contribution in [0.4, 0.5) is 23.3 Å². The number of aliphatic hydroxyl groups excluding tert-OH is 1. The van der Waals surface area contributed by atoms with Crippen LogP contribution in [0.25, 0.3) is 44.3 Å². The first-order chi connectivity index (χ1) is 34.5.